The van der Waals surface area contributed by atoms with Gasteiger partial charge in [0.15, 0.2) is 0 Å². The number of aromatic nitrogens is 3. The van der Waals surface area contributed by atoms with Gasteiger partial charge in [0.2, 0.25) is 11.9 Å². The number of rotatable bonds is 6. The van der Waals surface area contributed by atoms with Crippen LogP contribution in [0.1, 0.15) is 20.8 Å². The van der Waals surface area contributed by atoms with Gasteiger partial charge in [-0.2, -0.15) is 15.0 Å². The summed E-state index contributed by atoms with van der Waals surface area (Å²) < 4.78 is 5.38. The van der Waals surface area contributed by atoms with Crippen LogP contribution < -0.4 is 15.4 Å². The summed E-state index contributed by atoms with van der Waals surface area (Å²) in [5.74, 6) is 0.534. The Hall–Kier alpha value is -1.63. The van der Waals surface area contributed by atoms with Crippen LogP contribution >= 0.6 is 0 Å². The molecular formula is C10H19N5O2. The maximum absolute atomic E-state index is 8.94. The SMILES string of the molecule is CCN(CCO)c1nc(N)nc(OC(C)C)n1. The maximum atomic E-state index is 8.94. The zero-order chi connectivity index (χ0) is 12.8. The first-order chi connectivity index (χ1) is 8.06. The monoisotopic (exact) mass is 241 g/mol. The summed E-state index contributed by atoms with van der Waals surface area (Å²) in [5, 5.41) is 8.94. The van der Waals surface area contributed by atoms with E-state index in [1.54, 1.807) is 4.90 Å². The van der Waals surface area contributed by atoms with Crippen molar-refractivity contribution in [3.63, 3.8) is 0 Å². The van der Waals surface area contributed by atoms with Crippen molar-refractivity contribution < 1.29 is 9.84 Å². The molecule has 7 heteroatoms. The van der Waals surface area contributed by atoms with Gasteiger partial charge in [-0.05, 0) is 20.8 Å². The average Bonchev–Trinajstić information content (AvgIpc) is 2.23. The molecule has 0 saturated carbocycles. The molecule has 17 heavy (non-hydrogen) atoms. The molecule has 1 aromatic heterocycles. The Morgan fingerprint density at radius 2 is 2.06 bits per heavy atom. The number of hydrogen-bond donors (Lipinski definition) is 2. The van der Waals surface area contributed by atoms with E-state index in [2.05, 4.69) is 15.0 Å². The summed E-state index contributed by atoms with van der Waals surface area (Å²) >= 11 is 0. The van der Waals surface area contributed by atoms with Crippen LogP contribution in [0.2, 0.25) is 0 Å². The second kappa shape index (κ2) is 6.19. The first kappa shape index (κ1) is 13.4. The van der Waals surface area contributed by atoms with Crippen LogP contribution in [0.15, 0.2) is 0 Å². The normalized spacial score (nSPS) is 10.6. The highest BCUT2D eigenvalue weighted by Crippen LogP contribution is 2.13. The van der Waals surface area contributed by atoms with Gasteiger partial charge < -0.3 is 20.5 Å². The molecule has 0 atom stereocenters. The van der Waals surface area contributed by atoms with Gasteiger partial charge in [0.1, 0.15) is 0 Å². The third-order valence-electron chi connectivity index (χ3n) is 2.00. The minimum atomic E-state index is -0.0300. The molecule has 0 radical (unpaired) electrons. The lowest BCUT2D eigenvalue weighted by Crippen LogP contribution is -2.28. The molecule has 1 aromatic rings. The number of nitrogen functional groups attached to an aromatic ring is 1. The van der Waals surface area contributed by atoms with Crippen molar-refractivity contribution in [1.29, 1.82) is 0 Å². The Morgan fingerprint density at radius 1 is 1.35 bits per heavy atom. The molecule has 0 aromatic carbocycles. The first-order valence-corrected chi connectivity index (χ1v) is 5.60. The minimum Gasteiger partial charge on any atom is -0.461 e. The lowest BCUT2D eigenvalue weighted by molar-refractivity contribution is 0.222. The second-order valence-electron chi connectivity index (χ2n) is 3.75. The number of nitrogens with zero attached hydrogens (tertiary/aromatic N) is 4. The van der Waals surface area contributed by atoms with Crippen molar-refractivity contribution in [2.45, 2.75) is 26.9 Å². The van der Waals surface area contributed by atoms with Crippen molar-refractivity contribution in [3.8, 4) is 6.01 Å². The predicted octanol–water partition coefficient (Wildman–Crippen LogP) is 0.0596. The fraction of sp³-hybridized carbons (Fsp3) is 0.700. The standard InChI is InChI=1S/C10H19N5O2/c1-4-15(5-6-16)9-12-8(11)13-10(14-9)17-7(2)3/h7,16H,4-6H2,1-3H3,(H2,11,12,13,14). The fourth-order valence-corrected chi connectivity index (χ4v) is 1.29. The topological polar surface area (TPSA) is 97.4 Å². The number of anilines is 2. The van der Waals surface area contributed by atoms with Gasteiger partial charge >= 0.3 is 6.01 Å². The Bertz CT molecular complexity index is 359. The van der Waals surface area contributed by atoms with Crippen molar-refractivity contribution in [3.05, 3.63) is 0 Å². The second-order valence-corrected chi connectivity index (χ2v) is 3.75. The number of aliphatic hydroxyl groups is 1. The molecule has 0 unspecified atom stereocenters. The number of nitrogens with two attached hydrogens (primary N) is 1. The molecule has 1 heterocycles. The van der Waals surface area contributed by atoms with Gasteiger partial charge in [-0.1, -0.05) is 0 Å². The van der Waals surface area contributed by atoms with E-state index in [1.807, 2.05) is 20.8 Å². The van der Waals surface area contributed by atoms with E-state index in [1.165, 1.54) is 0 Å². The van der Waals surface area contributed by atoms with E-state index in [9.17, 15) is 0 Å². The van der Waals surface area contributed by atoms with Crippen molar-refractivity contribution in [1.82, 2.24) is 15.0 Å². The Morgan fingerprint density at radius 3 is 2.59 bits per heavy atom. The third kappa shape index (κ3) is 4.03. The molecule has 0 amide bonds. The molecule has 0 aliphatic carbocycles. The average molecular weight is 241 g/mol. The number of likely N-dealkylation sites (N-methyl/N-ethyl adjacent to an activating group) is 1. The zero-order valence-electron chi connectivity index (χ0n) is 10.4. The highest BCUT2D eigenvalue weighted by atomic mass is 16.5. The maximum Gasteiger partial charge on any atom is 0.323 e. The first-order valence-electron chi connectivity index (χ1n) is 5.60. The molecule has 1 rings (SSSR count). The van der Waals surface area contributed by atoms with Crippen molar-refractivity contribution >= 4 is 11.9 Å². The smallest absolute Gasteiger partial charge is 0.323 e. The van der Waals surface area contributed by atoms with E-state index in [0.717, 1.165) is 0 Å². The molecule has 0 spiro atoms. The molecule has 0 bridgehead atoms. The molecule has 0 saturated heterocycles. The predicted molar refractivity (Wildman–Crippen MR) is 65.0 cm³/mol. The highest BCUT2D eigenvalue weighted by molar-refractivity contribution is 5.35. The van der Waals surface area contributed by atoms with E-state index in [4.69, 9.17) is 15.6 Å². The van der Waals surface area contributed by atoms with Gasteiger partial charge in [-0.15, -0.1) is 0 Å². The minimum absolute atomic E-state index is 0.0276. The molecule has 7 nitrogen and oxygen atoms in total. The summed E-state index contributed by atoms with van der Waals surface area (Å²) in [5.41, 5.74) is 5.59. The summed E-state index contributed by atoms with van der Waals surface area (Å²) in [4.78, 5) is 13.9. The van der Waals surface area contributed by atoms with Crippen LogP contribution in [0, 0.1) is 0 Å². The lowest BCUT2D eigenvalue weighted by atomic mass is 10.5. The van der Waals surface area contributed by atoms with Crippen LogP contribution in [0.25, 0.3) is 0 Å². The molecule has 3 N–H and O–H groups in total. The van der Waals surface area contributed by atoms with E-state index >= 15 is 0 Å². The van der Waals surface area contributed by atoms with Crippen molar-refractivity contribution in [2.75, 3.05) is 30.3 Å². The molecule has 0 aliphatic rings. The lowest BCUT2D eigenvalue weighted by Gasteiger charge is -2.20. The van der Waals surface area contributed by atoms with Crippen LogP contribution in [0.4, 0.5) is 11.9 Å². The summed E-state index contributed by atoms with van der Waals surface area (Å²) in [6, 6.07) is 0.207. The van der Waals surface area contributed by atoms with Gasteiger partial charge in [0.05, 0.1) is 12.7 Å². The Labute approximate surface area is 101 Å². The number of aliphatic hydroxyl groups excluding tert-OH is 1. The van der Waals surface area contributed by atoms with Gasteiger partial charge in [0.25, 0.3) is 0 Å². The van der Waals surface area contributed by atoms with Gasteiger partial charge in [-0.3, -0.25) is 0 Å². The van der Waals surface area contributed by atoms with Gasteiger partial charge in [-0.25, -0.2) is 0 Å². The number of ether oxygens (including phenoxy) is 1. The molecule has 0 aliphatic heterocycles. The summed E-state index contributed by atoms with van der Waals surface area (Å²) in [7, 11) is 0. The molecule has 96 valence electrons. The van der Waals surface area contributed by atoms with Crippen LogP contribution in [-0.4, -0.2) is 45.9 Å². The third-order valence-corrected chi connectivity index (χ3v) is 2.00. The largest absolute Gasteiger partial charge is 0.461 e. The van der Waals surface area contributed by atoms with Crippen LogP contribution in [0.3, 0.4) is 0 Å². The Kier molecular flexibility index (Phi) is 4.89. The van der Waals surface area contributed by atoms with Crippen molar-refractivity contribution in [2.24, 2.45) is 0 Å². The number of hydrogen-bond acceptors (Lipinski definition) is 7. The molecule has 0 fully saturated rings. The summed E-state index contributed by atoms with van der Waals surface area (Å²) in [6.07, 6.45) is -0.0300. The van der Waals surface area contributed by atoms with E-state index in [-0.39, 0.29) is 24.7 Å². The van der Waals surface area contributed by atoms with E-state index in [0.29, 0.717) is 19.0 Å². The zero-order valence-corrected chi connectivity index (χ0v) is 10.4. The Balaban J connectivity index is 2.94. The summed E-state index contributed by atoms with van der Waals surface area (Å²) in [6.45, 7) is 6.85. The van der Waals surface area contributed by atoms with Crippen LogP contribution in [-0.2, 0) is 0 Å². The fourth-order valence-electron chi connectivity index (χ4n) is 1.29. The van der Waals surface area contributed by atoms with E-state index < -0.39 is 0 Å². The van der Waals surface area contributed by atoms with Gasteiger partial charge in [0, 0.05) is 13.1 Å². The molecular weight excluding hydrogens is 222 g/mol. The van der Waals surface area contributed by atoms with Crippen LogP contribution in [0.5, 0.6) is 6.01 Å². The highest BCUT2D eigenvalue weighted by Gasteiger charge is 2.12. The quantitative estimate of drug-likeness (QED) is 0.726.